The molecule has 0 radical (unpaired) electrons. The van der Waals surface area contributed by atoms with Gasteiger partial charge in [-0.2, -0.15) is 0 Å². The van der Waals surface area contributed by atoms with Crippen LogP contribution in [-0.2, 0) is 5.60 Å². The second-order valence-corrected chi connectivity index (χ2v) is 4.65. The smallest absolute Gasteiger partial charge is 0.126 e. The number of hydrogen-bond donors (Lipinski definition) is 1. The van der Waals surface area contributed by atoms with Crippen LogP contribution in [-0.4, -0.2) is 5.11 Å². The van der Waals surface area contributed by atoms with Crippen LogP contribution < -0.4 is 0 Å². The number of hydrogen-bond acceptors (Lipinski definition) is 1. The minimum atomic E-state index is -1.18. The number of rotatable bonds is 4. The van der Waals surface area contributed by atoms with Gasteiger partial charge >= 0.3 is 0 Å². The van der Waals surface area contributed by atoms with Crippen molar-refractivity contribution in [3.8, 4) is 0 Å². The summed E-state index contributed by atoms with van der Waals surface area (Å²) in [6.45, 7) is 5.62. The van der Waals surface area contributed by atoms with Crippen molar-refractivity contribution in [3.63, 3.8) is 0 Å². The molecule has 16 heavy (non-hydrogen) atoms. The summed E-state index contributed by atoms with van der Waals surface area (Å²) in [6.07, 6.45) is 1.42. The Bertz CT molecular complexity index is 341. The number of halogens is 2. The summed E-state index contributed by atoms with van der Waals surface area (Å²) in [7, 11) is 0. The molecule has 0 aliphatic heterocycles. The fourth-order valence-corrected chi connectivity index (χ4v) is 1.81. The van der Waals surface area contributed by atoms with Gasteiger partial charge in [-0.05, 0) is 37.0 Å². The first-order valence-corrected chi connectivity index (χ1v) is 5.54. The van der Waals surface area contributed by atoms with Crippen LogP contribution in [0.25, 0.3) is 0 Å². The molecule has 0 saturated heterocycles. The predicted octanol–water partition coefficient (Wildman–Crippen LogP) is 3.61. The van der Waals surface area contributed by atoms with Crippen LogP contribution in [0, 0.1) is 17.6 Å². The Labute approximate surface area is 95.1 Å². The molecule has 1 N–H and O–H groups in total. The lowest BCUT2D eigenvalue weighted by Gasteiger charge is -2.27. The van der Waals surface area contributed by atoms with Crippen LogP contribution in [0.1, 0.15) is 39.2 Å². The molecule has 1 rings (SSSR count). The summed E-state index contributed by atoms with van der Waals surface area (Å²) >= 11 is 0. The quantitative estimate of drug-likeness (QED) is 0.834. The van der Waals surface area contributed by atoms with Crippen molar-refractivity contribution in [2.75, 3.05) is 0 Å². The van der Waals surface area contributed by atoms with Gasteiger partial charge in [0.25, 0.3) is 0 Å². The summed E-state index contributed by atoms with van der Waals surface area (Å²) in [6, 6.07) is 3.18. The molecule has 0 heterocycles. The normalized spacial score (nSPS) is 16.9. The molecule has 2 unspecified atom stereocenters. The maximum Gasteiger partial charge on any atom is 0.126 e. The Kier molecular flexibility index (Phi) is 4.03. The van der Waals surface area contributed by atoms with E-state index in [-0.39, 0.29) is 0 Å². The summed E-state index contributed by atoms with van der Waals surface area (Å²) in [4.78, 5) is 0. The van der Waals surface area contributed by atoms with E-state index in [2.05, 4.69) is 0 Å². The Morgan fingerprint density at radius 2 is 1.75 bits per heavy atom. The van der Waals surface area contributed by atoms with Gasteiger partial charge < -0.3 is 5.11 Å². The lowest BCUT2D eigenvalue weighted by atomic mass is 9.86. The van der Waals surface area contributed by atoms with Crippen LogP contribution >= 0.6 is 0 Å². The van der Waals surface area contributed by atoms with Gasteiger partial charge in [-0.1, -0.05) is 20.3 Å². The molecule has 0 aliphatic carbocycles. The van der Waals surface area contributed by atoms with E-state index in [1.54, 1.807) is 6.92 Å². The summed E-state index contributed by atoms with van der Waals surface area (Å²) in [5.74, 6) is -1.000. The Balaban J connectivity index is 2.96. The number of benzene rings is 1. The minimum Gasteiger partial charge on any atom is -0.385 e. The van der Waals surface area contributed by atoms with E-state index in [4.69, 9.17) is 0 Å². The summed E-state index contributed by atoms with van der Waals surface area (Å²) < 4.78 is 26.1. The van der Waals surface area contributed by atoms with Crippen molar-refractivity contribution in [3.05, 3.63) is 35.4 Å². The molecule has 0 aromatic heterocycles. The third kappa shape index (κ3) is 3.27. The highest BCUT2D eigenvalue weighted by Gasteiger charge is 2.26. The van der Waals surface area contributed by atoms with E-state index in [1.807, 2.05) is 13.8 Å². The van der Waals surface area contributed by atoms with Crippen molar-refractivity contribution in [2.24, 2.45) is 5.92 Å². The highest BCUT2D eigenvalue weighted by molar-refractivity contribution is 5.23. The van der Waals surface area contributed by atoms with Crippen molar-refractivity contribution in [1.29, 1.82) is 0 Å². The fourth-order valence-electron chi connectivity index (χ4n) is 1.81. The predicted molar refractivity (Wildman–Crippen MR) is 60.0 cm³/mol. The van der Waals surface area contributed by atoms with E-state index in [9.17, 15) is 13.9 Å². The van der Waals surface area contributed by atoms with Crippen LogP contribution in [0.3, 0.4) is 0 Å². The number of aliphatic hydroxyl groups is 1. The maximum absolute atomic E-state index is 13.0. The SMILES string of the molecule is CCC(C)CC(C)(O)c1cc(F)cc(F)c1. The highest BCUT2D eigenvalue weighted by atomic mass is 19.1. The molecule has 0 amide bonds. The Morgan fingerprint density at radius 3 is 2.19 bits per heavy atom. The third-order valence-corrected chi connectivity index (χ3v) is 2.93. The Hall–Kier alpha value is -0.960. The molecule has 3 heteroatoms. The molecule has 1 aromatic carbocycles. The van der Waals surface area contributed by atoms with Gasteiger partial charge in [-0.15, -0.1) is 0 Å². The molecule has 1 nitrogen and oxygen atoms in total. The molecular formula is C13H18F2O. The second kappa shape index (κ2) is 4.91. The van der Waals surface area contributed by atoms with E-state index in [0.717, 1.165) is 12.5 Å². The van der Waals surface area contributed by atoms with Gasteiger partial charge in [0.15, 0.2) is 0 Å². The molecule has 0 saturated carbocycles. The van der Waals surface area contributed by atoms with Gasteiger partial charge in [0.05, 0.1) is 5.60 Å². The average Bonchev–Trinajstić information content (AvgIpc) is 2.15. The van der Waals surface area contributed by atoms with Crippen molar-refractivity contribution in [2.45, 2.75) is 39.2 Å². The van der Waals surface area contributed by atoms with E-state index in [0.29, 0.717) is 17.9 Å². The van der Waals surface area contributed by atoms with Gasteiger partial charge in [0.2, 0.25) is 0 Å². The first kappa shape index (κ1) is 13.1. The van der Waals surface area contributed by atoms with E-state index >= 15 is 0 Å². The van der Waals surface area contributed by atoms with Gasteiger partial charge in [0, 0.05) is 6.07 Å². The monoisotopic (exact) mass is 228 g/mol. The zero-order valence-corrected chi connectivity index (χ0v) is 9.93. The second-order valence-electron chi connectivity index (χ2n) is 4.65. The summed E-state index contributed by atoms with van der Waals surface area (Å²) in [5, 5.41) is 10.2. The van der Waals surface area contributed by atoms with Crippen LogP contribution in [0.5, 0.6) is 0 Å². The van der Waals surface area contributed by atoms with E-state index < -0.39 is 17.2 Å². The molecule has 0 bridgehead atoms. The van der Waals surface area contributed by atoms with E-state index in [1.165, 1.54) is 12.1 Å². The Morgan fingerprint density at radius 1 is 1.25 bits per heavy atom. The van der Waals surface area contributed by atoms with Gasteiger partial charge in [-0.3, -0.25) is 0 Å². The lowest BCUT2D eigenvalue weighted by molar-refractivity contribution is 0.0313. The molecule has 0 fully saturated rings. The molecule has 90 valence electrons. The molecular weight excluding hydrogens is 210 g/mol. The standard InChI is InChI=1S/C13H18F2O/c1-4-9(2)8-13(3,16)10-5-11(14)7-12(15)6-10/h5-7,9,16H,4,8H2,1-3H3. The molecule has 0 spiro atoms. The van der Waals surface area contributed by atoms with Crippen molar-refractivity contribution < 1.29 is 13.9 Å². The largest absolute Gasteiger partial charge is 0.385 e. The zero-order chi connectivity index (χ0) is 12.3. The molecule has 1 aromatic rings. The maximum atomic E-state index is 13.0. The topological polar surface area (TPSA) is 20.2 Å². The first-order valence-electron chi connectivity index (χ1n) is 5.54. The highest BCUT2D eigenvalue weighted by Crippen LogP contribution is 2.30. The molecule has 0 aliphatic rings. The van der Waals surface area contributed by atoms with Crippen LogP contribution in [0.15, 0.2) is 18.2 Å². The fraction of sp³-hybridized carbons (Fsp3) is 0.538. The third-order valence-electron chi connectivity index (χ3n) is 2.93. The van der Waals surface area contributed by atoms with Gasteiger partial charge in [-0.25, -0.2) is 8.78 Å². The first-order chi connectivity index (χ1) is 7.35. The molecule has 2 atom stereocenters. The minimum absolute atomic E-state index is 0.297. The lowest BCUT2D eigenvalue weighted by Crippen LogP contribution is -2.24. The van der Waals surface area contributed by atoms with Crippen LogP contribution in [0.2, 0.25) is 0 Å². The zero-order valence-electron chi connectivity index (χ0n) is 9.93. The van der Waals surface area contributed by atoms with Crippen molar-refractivity contribution >= 4 is 0 Å². The summed E-state index contributed by atoms with van der Waals surface area (Å²) in [5.41, 5.74) is -0.886. The van der Waals surface area contributed by atoms with Gasteiger partial charge in [0.1, 0.15) is 11.6 Å². The van der Waals surface area contributed by atoms with Crippen molar-refractivity contribution in [1.82, 2.24) is 0 Å². The average molecular weight is 228 g/mol. The van der Waals surface area contributed by atoms with Crippen LogP contribution in [0.4, 0.5) is 8.78 Å².